The molecule has 0 N–H and O–H groups in total. The van der Waals surface area contributed by atoms with Crippen LogP contribution in [0.2, 0.25) is 0 Å². The topological polar surface area (TPSA) is 55.8 Å². The highest BCUT2D eigenvalue weighted by Gasteiger charge is 2.36. The summed E-state index contributed by atoms with van der Waals surface area (Å²) in [5.41, 5.74) is 3.03. The molecule has 1 saturated carbocycles. The van der Waals surface area contributed by atoms with Gasteiger partial charge in [-0.25, -0.2) is 0 Å². The van der Waals surface area contributed by atoms with Gasteiger partial charge in [0.25, 0.3) is 11.1 Å². The molecule has 0 aromatic heterocycles. The molecular weight excluding hydrogens is 514 g/mol. The van der Waals surface area contributed by atoms with E-state index in [-0.39, 0.29) is 11.1 Å². The first-order valence-corrected chi connectivity index (χ1v) is 13.5. The number of hydrogen-bond acceptors (Lipinski definition) is 5. The number of halogens is 1. The Morgan fingerprint density at radius 2 is 1.91 bits per heavy atom. The minimum Gasteiger partial charge on any atom is -0.490 e. The van der Waals surface area contributed by atoms with Crippen LogP contribution in [0.1, 0.15) is 55.7 Å². The predicted molar refractivity (Wildman–Crippen MR) is 140 cm³/mol. The number of hydrogen-bond donors (Lipinski definition) is 0. The maximum atomic E-state index is 13.0. The van der Waals surface area contributed by atoms with Crippen molar-refractivity contribution >= 4 is 44.9 Å². The molecular formula is C27H30BrNO4S. The van der Waals surface area contributed by atoms with Crippen LogP contribution in [-0.4, -0.2) is 29.2 Å². The Morgan fingerprint density at radius 3 is 2.65 bits per heavy atom. The smallest absolute Gasteiger partial charge is 0.293 e. The highest BCUT2D eigenvalue weighted by atomic mass is 79.9. The van der Waals surface area contributed by atoms with E-state index >= 15 is 0 Å². The fourth-order valence-electron chi connectivity index (χ4n) is 4.47. The molecule has 2 amide bonds. The second-order valence-corrected chi connectivity index (χ2v) is 10.7. The molecule has 1 aliphatic carbocycles. The first kappa shape index (κ1) is 24.9. The molecule has 5 nitrogen and oxygen atoms in total. The third-order valence-corrected chi connectivity index (χ3v) is 7.63. The van der Waals surface area contributed by atoms with Crippen LogP contribution in [0, 0.1) is 12.8 Å². The van der Waals surface area contributed by atoms with E-state index in [2.05, 4.69) is 35.0 Å². The summed E-state index contributed by atoms with van der Waals surface area (Å²) < 4.78 is 12.7. The standard InChI is InChI=1S/C27H30BrNO4S/c1-3-32-23-14-21(13-22(28)25(23)33-17-20-11-7-8-18(2)12-20)15-24-26(30)29(27(31)34-24)16-19-9-5-4-6-10-19/h7-8,11-15,19H,3-6,9-10,16-17H2,1-2H3/b24-15+. The molecule has 2 aromatic rings. The van der Waals surface area contributed by atoms with Crippen LogP contribution in [0.15, 0.2) is 45.8 Å². The van der Waals surface area contributed by atoms with E-state index in [1.54, 1.807) is 6.08 Å². The SMILES string of the molecule is CCOc1cc(/C=C2/SC(=O)N(CC3CCCCC3)C2=O)cc(Br)c1OCc1cccc(C)c1. The van der Waals surface area contributed by atoms with Crippen molar-refractivity contribution in [2.45, 2.75) is 52.6 Å². The molecule has 0 atom stereocenters. The average molecular weight is 545 g/mol. The molecule has 0 radical (unpaired) electrons. The Bertz CT molecular complexity index is 1090. The third kappa shape index (κ3) is 6.05. The number of carbonyl (C=O) groups excluding carboxylic acids is 2. The maximum Gasteiger partial charge on any atom is 0.293 e. The van der Waals surface area contributed by atoms with Gasteiger partial charge >= 0.3 is 0 Å². The van der Waals surface area contributed by atoms with E-state index in [0.29, 0.717) is 42.1 Å². The van der Waals surface area contributed by atoms with Gasteiger partial charge in [0.15, 0.2) is 11.5 Å². The lowest BCUT2D eigenvalue weighted by atomic mass is 9.89. The Morgan fingerprint density at radius 1 is 1.12 bits per heavy atom. The molecule has 2 fully saturated rings. The van der Waals surface area contributed by atoms with Gasteiger partial charge in [0, 0.05) is 6.54 Å². The van der Waals surface area contributed by atoms with Gasteiger partial charge in [-0.3, -0.25) is 14.5 Å². The number of imide groups is 1. The van der Waals surface area contributed by atoms with Crippen molar-refractivity contribution in [2.75, 3.05) is 13.2 Å². The van der Waals surface area contributed by atoms with Gasteiger partial charge < -0.3 is 9.47 Å². The quantitative estimate of drug-likeness (QED) is 0.325. The van der Waals surface area contributed by atoms with Gasteiger partial charge in [-0.2, -0.15) is 0 Å². The van der Waals surface area contributed by atoms with E-state index in [0.717, 1.165) is 40.2 Å². The zero-order valence-electron chi connectivity index (χ0n) is 19.6. The molecule has 180 valence electrons. The lowest BCUT2D eigenvalue weighted by molar-refractivity contribution is -0.123. The summed E-state index contributed by atoms with van der Waals surface area (Å²) in [6, 6.07) is 11.9. The molecule has 0 unspecified atom stereocenters. The van der Waals surface area contributed by atoms with E-state index in [4.69, 9.17) is 9.47 Å². The zero-order chi connectivity index (χ0) is 24.1. The van der Waals surface area contributed by atoms with Crippen LogP contribution in [0.3, 0.4) is 0 Å². The molecule has 1 aliphatic heterocycles. The number of benzene rings is 2. The fourth-order valence-corrected chi connectivity index (χ4v) is 5.89. The lowest BCUT2D eigenvalue weighted by Gasteiger charge is -2.25. The molecule has 2 aromatic carbocycles. The Kier molecular flexibility index (Phi) is 8.37. The van der Waals surface area contributed by atoms with Crippen molar-refractivity contribution < 1.29 is 19.1 Å². The molecule has 2 aliphatic rings. The predicted octanol–water partition coefficient (Wildman–Crippen LogP) is 7.35. The molecule has 4 rings (SSSR count). The lowest BCUT2D eigenvalue weighted by Crippen LogP contribution is -2.34. The molecule has 0 bridgehead atoms. The zero-order valence-corrected chi connectivity index (χ0v) is 22.0. The van der Waals surface area contributed by atoms with Crippen molar-refractivity contribution in [1.29, 1.82) is 0 Å². The summed E-state index contributed by atoms with van der Waals surface area (Å²) >= 11 is 4.62. The minimum atomic E-state index is -0.200. The van der Waals surface area contributed by atoms with Crippen molar-refractivity contribution in [3.8, 4) is 11.5 Å². The number of aryl methyl sites for hydroxylation is 1. The second kappa shape index (κ2) is 11.5. The minimum absolute atomic E-state index is 0.177. The largest absolute Gasteiger partial charge is 0.490 e. The number of thioether (sulfide) groups is 1. The summed E-state index contributed by atoms with van der Waals surface area (Å²) in [4.78, 5) is 27.4. The van der Waals surface area contributed by atoms with E-state index in [9.17, 15) is 9.59 Å². The first-order chi connectivity index (χ1) is 16.4. The number of rotatable bonds is 8. The fraction of sp³-hybridized carbons (Fsp3) is 0.407. The summed E-state index contributed by atoms with van der Waals surface area (Å²) in [5.74, 6) is 1.43. The van der Waals surface area contributed by atoms with Crippen molar-refractivity contribution in [3.05, 3.63) is 62.5 Å². The summed E-state index contributed by atoms with van der Waals surface area (Å²) in [6.45, 7) is 5.40. The van der Waals surface area contributed by atoms with Gasteiger partial charge in [-0.15, -0.1) is 0 Å². The van der Waals surface area contributed by atoms with Gasteiger partial charge in [-0.1, -0.05) is 49.1 Å². The van der Waals surface area contributed by atoms with Crippen LogP contribution in [0.5, 0.6) is 11.5 Å². The summed E-state index contributed by atoms with van der Waals surface area (Å²) in [5, 5.41) is -0.177. The Balaban J connectivity index is 1.52. The average Bonchev–Trinajstić information content (AvgIpc) is 3.07. The van der Waals surface area contributed by atoms with Gasteiger partial charge in [-0.05, 0) is 89.6 Å². The van der Waals surface area contributed by atoms with Crippen molar-refractivity contribution in [3.63, 3.8) is 0 Å². The van der Waals surface area contributed by atoms with E-state index in [1.807, 2.05) is 31.2 Å². The molecule has 0 spiro atoms. The van der Waals surface area contributed by atoms with E-state index < -0.39 is 0 Å². The molecule has 7 heteroatoms. The Hall–Kier alpha value is -2.25. The molecule has 1 heterocycles. The second-order valence-electron chi connectivity index (χ2n) is 8.84. The van der Waals surface area contributed by atoms with Crippen molar-refractivity contribution in [1.82, 2.24) is 4.90 Å². The number of carbonyl (C=O) groups is 2. The Labute approximate surface area is 214 Å². The molecule has 34 heavy (non-hydrogen) atoms. The monoisotopic (exact) mass is 543 g/mol. The van der Waals surface area contributed by atoms with Crippen LogP contribution in [0.4, 0.5) is 4.79 Å². The van der Waals surface area contributed by atoms with Gasteiger partial charge in [0.1, 0.15) is 6.61 Å². The number of nitrogens with zero attached hydrogens (tertiary/aromatic N) is 1. The van der Waals surface area contributed by atoms with E-state index in [1.165, 1.54) is 29.7 Å². The van der Waals surface area contributed by atoms with Gasteiger partial charge in [0.05, 0.1) is 16.0 Å². The van der Waals surface area contributed by atoms with Crippen LogP contribution in [0.25, 0.3) is 6.08 Å². The van der Waals surface area contributed by atoms with Crippen LogP contribution in [-0.2, 0) is 11.4 Å². The molecule has 1 saturated heterocycles. The third-order valence-electron chi connectivity index (χ3n) is 6.13. The number of amides is 2. The highest BCUT2D eigenvalue weighted by Crippen LogP contribution is 2.40. The number of ether oxygens (including phenoxy) is 2. The van der Waals surface area contributed by atoms with Gasteiger partial charge in [0.2, 0.25) is 0 Å². The highest BCUT2D eigenvalue weighted by molar-refractivity contribution is 9.10. The van der Waals surface area contributed by atoms with Crippen molar-refractivity contribution in [2.24, 2.45) is 5.92 Å². The normalized spacial score (nSPS) is 18.1. The first-order valence-electron chi connectivity index (χ1n) is 11.8. The summed E-state index contributed by atoms with van der Waals surface area (Å²) in [7, 11) is 0. The van der Waals surface area contributed by atoms with Crippen LogP contribution < -0.4 is 9.47 Å². The summed E-state index contributed by atoms with van der Waals surface area (Å²) in [6.07, 6.45) is 7.57. The maximum absolute atomic E-state index is 13.0. The van der Waals surface area contributed by atoms with Crippen LogP contribution >= 0.6 is 27.7 Å².